The molecule has 0 unspecified atom stereocenters. The minimum Gasteiger partial charge on any atom is -0.441 e. The minimum atomic E-state index is 0.240. The van der Waals surface area contributed by atoms with Crippen molar-refractivity contribution in [3.05, 3.63) is 36.4 Å². The fraction of sp³-hybridized carbons (Fsp3) is 0.0714. The first kappa shape index (κ1) is 11.0. The minimum absolute atomic E-state index is 0.240. The molecular formula is C14H11N5O. The van der Waals surface area contributed by atoms with Crippen LogP contribution in [0.2, 0.25) is 0 Å². The predicted molar refractivity (Wildman–Crippen MR) is 76.0 cm³/mol. The van der Waals surface area contributed by atoms with Crippen LogP contribution in [-0.2, 0) is 0 Å². The molecule has 0 aliphatic rings. The molecule has 4 rings (SSSR count). The number of hydrogen-bond acceptors (Lipinski definition) is 5. The molecule has 4 aromatic rings. The van der Waals surface area contributed by atoms with E-state index in [0.717, 1.165) is 33.4 Å². The molecule has 0 amide bonds. The molecule has 6 nitrogen and oxygen atoms in total. The van der Waals surface area contributed by atoms with Crippen LogP contribution in [0.4, 0.5) is 5.95 Å². The Labute approximate surface area is 113 Å². The number of H-pyrrole nitrogens is 1. The summed E-state index contributed by atoms with van der Waals surface area (Å²) in [6, 6.07) is 7.72. The van der Waals surface area contributed by atoms with E-state index in [1.54, 1.807) is 0 Å². The van der Waals surface area contributed by atoms with Gasteiger partial charge in [0.15, 0.2) is 11.5 Å². The third kappa shape index (κ3) is 1.55. The average molecular weight is 265 g/mol. The Morgan fingerprint density at radius 3 is 2.95 bits per heavy atom. The molecule has 3 heterocycles. The van der Waals surface area contributed by atoms with Gasteiger partial charge in [0.2, 0.25) is 5.95 Å². The molecule has 0 radical (unpaired) electrons. The number of aromatic nitrogens is 4. The van der Waals surface area contributed by atoms with Crippen LogP contribution in [0.5, 0.6) is 0 Å². The number of fused-ring (bicyclic) bond motifs is 2. The van der Waals surface area contributed by atoms with Crippen molar-refractivity contribution in [2.24, 2.45) is 0 Å². The van der Waals surface area contributed by atoms with Crippen molar-refractivity contribution in [2.75, 3.05) is 5.73 Å². The fourth-order valence-corrected chi connectivity index (χ4v) is 2.37. The highest BCUT2D eigenvalue weighted by Crippen LogP contribution is 2.29. The molecule has 3 aromatic heterocycles. The predicted octanol–water partition coefficient (Wildman–Crippen LogP) is 2.66. The summed E-state index contributed by atoms with van der Waals surface area (Å²) in [7, 11) is 0. The Morgan fingerprint density at radius 2 is 2.05 bits per heavy atom. The van der Waals surface area contributed by atoms with Crippen molar-refractivity contribution in [3.63, 3.8) is 0 Å². The van der Waals surface area contributed by atoms with Gasteiger partial charge in [-0.2, -0.15) is 4.98 Å². The molecule has 0 atom stereocenters. The lowest BCUT2D eigenvalue weighted by Gasteiger charge is -2.03. The van der Waals surface area contributed by atoms with Gasteiger partial charge in [0.1, 0.15) is 11.2 Å². The summed E-state index contributed by atoms with van der Waals surface area (Å²) >= 11 is 0. The number of nitrogens with zero attached hydrogens (tertiary/aromatic N) is 3. The van der Waals surface area contributed by atoms with E-state index in [2.05, 4.69) is 19.9 Å². The summed E-state index contributed by atoms with van der Waals surface area (Å²) in [6.07, 6.45) is 1.82. The van der Waals surface area contributed by atoms with Crippen LogP contribution in [0.25, 0.3) is 33.4 Å². The highest BCUT2D eigenvalue weighted by molar-refractivity contribution is 5.93. The van der Waals surface area contributed by atoms with Crippen LogP contribution in [0, 0.1) is 6.92 Å². The first-order valence-electron chi connectivity index (χ1n) is 6.19. The van der Waals surface area contributed by atoms with E-state index in [0.29, 0.717) is 5.89 Å². The Bertz CT molecular complexity index is 937. The zero-order valence-corrected chi connectivity index (χ0v) is 10.7. The second-order valence-electron chi connectivity index (χ2n) is 4.59. The van der Waals surface area contributed by atoms with Crippen molar-refractivity contribution in [3.8, 4) is 11.3 Å². The lowest BCUT2D eigenvalue weighted by molar-refractivity contribution is 0.561. The lowest BCUT2D eigenvalue weighted by Crippen LogP contribution is -1.97. The number of aromatic amines is 1. The van der Waals surface area contributed by atoms with Gasteiger partial charge < -0.3 is 15.1 Å². The van der Waals surface area contributed by atoms with Gasteiger partial charge in [0.25, 0.3) is 0 Å². The number of aryl methyl sites for hydroxylation is 1. The van der Waals surface area contributed by atoms with Crippen LogP contribution in [0.3, 0.4) is 0 Å². The summed E-state index contributed by atoms with van der Waals surface area (Å²) in [6.45, 7) is 1.83. The largest absolute Gasteiger partial charge is 0.441 e. The van der Waals surface area contributed by atoms with E-state index in [4.69, 9.17) is 10.2 Å². The van der Waals surface area contributed by atoms with E-state index >= 15 is 0 Å². The zero-order valence-electron chi connectivity index (χ0n) is 10.7. The average Bonchev–Trinajstić information content (AvgIpc) is 3.01. The maximum Gasteiger partial charge on any atom is 0.222 e. The summed E-state index contributed by atoms with van der Waals surface area (Å²) in [4.78, 5) is 15.8. The van der Waals surface area contributed by atoms with Crippen LogP contribution >= 0.6 is 0 Å². The fourth-order valence-electron chi connectivity index (χ4n) is 2.37. The maximum absolute atomic E-state index is 5.76. The molecule has 20 heavy (non-hydrogen) atoms. The van der Waals surface area contributed by atoms with Crippen molar-refractivity contribution in [2.45, 2.75) is 6.92 Å². The topological polar surface area (TPSA) is 93.6 Å². The Morgan fingerprint density at radius 1 is 1.15 bits per heavy atom. The zero-order chi connectivity index (χ0) is 13.7. The first-order valence-corrected chi connectivity index (χ1v) is 6.19. The molecule has 0 aliphatic heterocycles. The number of benzene rings is 1. The van der Waals surface area contributed by atoms with Crippen LogP contribution < -0.4 is 5.73 Å². The summed E-state index contributed by atoms with van der Waals surface area (Å²) < 4.78 is 5.56. The number of nitrogens with one attached hydrogen (secondary N) is 1. The molecule has 0 spiro atoms. The molecular weight excluding hydrogens is 254 g/mol. The molecule has 0 saturated carbocycles. The third-order valence-corrected chi connectivity index (χ3v) is 3.20. The second kappa shape index (κ2) is 3.80. The first-order chi connectivity index (χ1) is 9.70. The molecule has 3 N–H and O–H groups in total. The number of anilines is 1. The van der Waals surface area contributed by atoms with Crippen LogP contribution in [0.1, 0.15) is 5.89 Å². The van der Waals surface area contributed by atoms with Crippen molar-refractivity contribution in [1.82, 2.24) is 19.9 Å². The van der Waals surface area contributed by atoms with Gasteiger partial charge in [0, 0.05) is 24.1 Å². The van der Waals surface area contributed by atoms with Crippen molar-refractivity contribution < 1.29 is 4.42 Å². The Hall–Kier alpha value is -2.89. The van der Waals surface area contributed by atoms with Gasteiger partial charge >= 0.3 is 0 Å². The standard InChI is InChI=1S/C14H11N5O/c1-7-17-10-3-2-8(6-11(10)20-7)12-9-4-5-16-13(9)19-14(15)18-12/h2-6H,1H3,(H3,15,16,18,19). The summed E-state index contributed by atoms with van der Waals surface area (Å²) in [5, 5.41) is 0.926. The van der Waals surface area contributed by atoms with Crippen LogP contribution in [-0.4, -0.2) is 19.9 Å². The lowest BCUT2D eigenvalue weighted by atomic mass is 10.1. The van der Waals surface area contributed by atoms with E-state index in [-0.39, 0.29) is 5.95 Å². The number of hydrogen-bond donors (Lipinski definition) is 2. The molecule has 1 aromatic carbocycles. The number of nitrogens with two attached hydrogens (primary N) is 1. The monoisotopic (exact) mass is 265 g/mol. The van der Waals surface area contributed by atoms with Crippen molar-refractivity contribution >= 4 is 28.1 Å². The maximum atomic E-state index is 5.76. The van der Waals surface area contributed by atoms with Crippen molar-refractivity contribution in [1.29, 1.82) is 0 Å². The van der Waals surface area contributed by atoms with Gasteiger partial charge in [-0.05, 0) is 18.2 Å². The van der Waals surface area contributed by atoms with Gasteiger partial charge in [-0.3, -0.25) is 0 Å². The normalized spacial score (nSPS) is 11.4. The second-order valence-corrected chi connectivity index (χ2v) is 4.59. The highest BCUT2D eigenvalue weighted by Gasteiger charge is 2.11. The molecule has 0 fully saturated rings. The molecule has 0 aliphatic carbocycles. The van der Waals surface area contributed by atoms with Gasteiger partial charge in [-0.15, -0.1) is 0 Å². The Balaban J connectivity index is 2.02. The van der Waals surface area contributed by atoms with Gasteiger partial charge in [-0.25, -0.2) is 9.97 Å². The SMILES string of the molecule is Cc1nc2ccc(-c3nc(N)nc4[nH]ccc34)cc2o1. The molecule has 0 saturated heterocycles. The van der Waals surface area contributed by atoms with E-state index in [1.165, 1.54) is 0 Å². The quantitative estimate of drug-likeness (QED) is 0.551. The smallest absolute Gasteiger partial charge is 0.222 e. The van der Waals surface area contributed by atoms with Gasteiger partial charge in [0.05, 0.1) is 5.69 Å². The van der Waals surface area contributed by atoms with E-state index < -0.39 is 0 Å². The van der Waals surface area contributed by atoms with E-state index in [1.807, 2.05) is 37.4 Å². The number of rotatable bonds is 1. The Kier molecular flexibility index (Phi) is 2.09. The number of oxazole rings is 1. The highest BCUT2D eigenvalue weighted by atomic mass is 16.3. The summed E-state index contributed by atoms with van der Waals surface area (Å²) in [5.41, 5.74) is 9.76. The van der Waals surface area contributed by atoms with E-state index in [9.17, 15) is 0 Å². The summed E-state index contributed by atoms with van der Waals surface area (Å²) in [5.74, 6) is 0.884. The third-order valence-electron chi connectivity index (χ3n) is 3.20. The molecule has 98 valence electrons. The number of nitrogen functional groups attached to an aromatic ring is 1. The van der Waals surface area contributed by atoms with Crippen LogP contribution in [0.15, 0.2) is 34.9 Å². The molecule has 0 bridgehead atoms. The molecule has 6 heteroatoms. The van der Waals surface area contributed by atoms with Gasteiger partial charge in [-0.1, -0.05) is 6.07 Å².